The maximum atomic E-state index is 12.3. The molecule has 1 saturated heterocycles. The van der Waals surface area contributed by atoms with Crippen LogP contribution in [0.1, 0.15) is 42.7 Å². The number of nitrogens with zero attached hydrogens (tertiary/aromatic N) is 3. The van der Waals surface area contributed by atoms with Crippen LogP contribution < -0.4 is 10.2 Å². The van der Waals surface area contributed by atoms with Gasteiger partial charge in [-0.25, -0.2) is 14.8 Å². The van der Waals surface area contributed by atoms with E-state index >= 15 is 0 Å². The van der Waals surface area contributed by atoms with Crippen molar-refractivity contribution >= 4 is 17.6 Å². The lowest BCUT2D eigenvalue weighted by molar-refractivity contribution is 0.0378. The summed E-state index contributed by atoms with van der Waals surface area (Å²) in [5, 5.41) is 3.43. The highest BCUT2D eigenvalue weighted by atomic mass is 16.5. The number of aromatic nitrogens is 2. The molecule has 26 heavy (non-hydrogen) atoms. The summed E-state index contributed by atoms with van der Waals surface area (Å²) in [6.07, 6.45) is 3.47. The first-order chi connectivity index (χ1) is 12.5. The van der Waals surface area contributed by atoms with E-state index in [-0.39, 0.29) is 18.1 Å². The zero-order valence-corrected chi connectivity index (χ0v) is 15.6. The molecule has 6 heteroatoms. The largest absolute Gasteiger partial charge is 0.459 e. The molecule has 1 aliphatic heterocycles. The van der Waals surface area contributed by atoms with E-state index in [1.54, 1.807) is 18.3 Å². The Hall–Kier alpha value is -2.63. The van der Waals surface area contributed by atoms with Crippen molar-refractivity contribution in [1.82, 2.24) is 9.97 Å². The van der Waals surface area contributed by atoms with E-state index in [1.165, 1.54) is 0 Å². The third kappa shape index (κ3) is 4.50. The third-order valence-electron chi connectivity index (χ3n) is 4.40. The fourth-order valence-electron chi connectivity index (χ4n) is 3.11. The molecular weight excluding hydrogens is 328 g/mol. The Bertz CT molecular complexity index is 755. The van der Waals surface area contributed by atoms with Gasteiger partial charge in [-0.3, -0.25) is 0 Å². The highest BCUT2D eigenvalue weighted by Crippen LogP contribution is 2.22. The maximum absolute atomic E-state index is 12.3. The summed E-state index contributed by atoms with van der Waals surface area (Å²) in [4.78, 5) is 23.5. The normalized spacial score (nSPS) is 15.2. The quantitative estimate of drug-likeness (QED) is 0.830. The Kier molecular flexibility index (Phi) is 5.71. The SMILES string of the molecule is Cc1cccc(N2CCC(Nc3ncccc3C(=O)OC(C)C)CC2)n1. The van der Waals surface area contributed by atoms with Crippen molar-refractivity contribution in [3.8, 4) is 0 Å². The van der Waals surface area contributed by atoms with Gasteiger partial charge in [0.05, 0.1) is 6.10 Å². The van der Waals surface area contributed by atoms with Crippen molar-refractivity contribution in [1.29, 1.82) is 0 Å². The number of hydrogen-bond donors (Lipinski definition) is 1. The van der Waals surface area contributed by atoms with E-state index in [2.05, 4.69) is 26.3 Å². The smallest absolute Gasteiger partial charge is 0.342 e. The standard InChI is InChI=1S/C20H26N4O2/c1-14(2)26-20(25)17-7-5-11-21-19(17)23-16-9-12-24(13-10-16)18-8-4-6-15(3)22-18/h4-8,11,14,16H,9-10,12-13H2,1-3H3,(H,21,23). The molecule has 6 nitrogen and oxygen atoms in total. The van der Waals surface area contributed by atoms with E-state index < -0.39 is 0 Å². The highest BCUT2D eigenvalue weighted by molar-refractivity contribution is 5.94. The molecular formula is C20H26N4O2. The minimum absolute atomic E-state index is 0.152. The molecule has 0 bridgehead atoms. The van der Waals surface area contributed by atoms with Crippen molar-refractivity contribution in [2.75, 3.05) is 23.3 Å². The molecule has 2 aromatic heterocycles. The molecule has 0 unspecified atom stereocenters. The fourth-order valence-corrected chi connectivity index (χ4v) is 3.11. The van der Waals surface area contributed by atoms with Gasteiger partial charge < -0.3 is 15.0 Å². The molecule has 1 N–H and O–H groups in total. The minimum Gasteiger partial charge on any atom is -0.459 e. The van der Waals surface area contributed by atoms with Gasteiger partial charge in [0.25, 0.3) is 0 Å². The molecule has 1 aliphatic rings. The summed E-state index contributed by atoms with van der Waals surface area (Å²) in [6.45, 7) is 7.54. The number of hydrogen-bond acceptors (Lipinski definition) is 6. The number of piperidine rings is 1. The molecule has 2 aromatic rings. The average Bonchev–Trinajstić information content (AvgIpc) is 2.62. The number of ether oxygens (including phenoxy) is 1. The number of carbonyl (C=O) groups excluding carboxylic acids is 1. The van der Waals surface area contributed by atoms with Crippen LogP contribution >= 0.6 is 0 Å². The van der Waals surface area contributed by atoms with Gasteiger partial charge in [0.15, 0.2) is 0 Å². The van der Waals surface area contributed by atoms with Crippen molar-refractivity contribution in [2.45, 2.75) is 45.8 Å². The first-order valence-corrected chi connectivity index (χ1v) is 9.14. The number of anilines is 2. The van der Waals surface area contributed by atoms with Crippen molar-refractivity contribution < 1.29 is 9.53 Å². The van der Waals surface area contributed by atoms with Gasteiger partial charge in [0.1, 0.15) is 17.2 Å². The van der Waals surface area contributed by atoms with Crippen LogP contribution in [0, 0.1) is 6.92 Å². The van der Waals surface area contributed by atoms with E-state index in [0.717, 1.165) is 37.4 Å². The predicted octanol–water partition coefficient (Wildman–Crippen LogP) is 3.43. The van der Waals surface area contributed by atoms with Crippen LogP contribution in [0.4, 0.5) is 11.6 Å². The first kappa shape index (κ1) is 18.2. The van der Waals surface area contributed by atoms with Crippen LogP contribution in [-0.4, -0.2) is 41.2 Å². The van der Waals surface area contributed by atoms with Crippen molar-refractivity contribution in [3.05, 3.63) is 47.8 Å². The monoisotopic (exact) mass is 354 g/mol. The van der Waals surface area contributed by atoms with Crippen molar-refractivity contribution in [2.24, 2.45) is 0 Å². The van der Waals surface area contributed by atoms with Gasteiger partial charge in [0, 0.05) is 31.0 Å². The van der Waals surface area contributed by atoms with Crippen molar-refractivity contribution in [3.63, 3.8) is 0 Å². The Morgan fingerprint density at radius 1 is 1.23 bits per heavy atom. The summed E-state index contributed by atoms with van der Waals surface area (Å²) in [6, 6.07) is 9.90. The van der Waals surface area contributed by atoms with Crippen LogP contribution in [0.25, 0.3) is 0 Å². The molecule has 0 amide bonds. The molecule has 0 radical (unpaired) electrons. The molecule has 0 aliphatic carbocycles. The lowest BCUT2D eigenvalue weighted by atomic mass is 10.0. The molecule has 0 saturated carbocycles. The average molecular weight is 354 g/mol. The zero-order valence-electron chi connectivity index (χ0n) is 15.6. The van der Waals surface area contributed by atoms with E-state index in [9.17, 15) is 4.79 Å². The number of pyridine rings is 2. The minimum atomic E-state index is -0.336. The van der Waals surface area contributed by atoms with E-state index in [0.29, 0.717) is 11.4 Å². The summed E-state index contributed by atoms with van der Waals surface area (Å²) in [7, 11) is 0. The number of carbonyl (C=O) groups is 1. The lowest BCUT2D eigenvalue weighted by Gasteiger charge is -2.33. The summed E-state index contributed by atoms with van der Waals surface area (Å²) in [5.41, 5.74) is 1.52. The van der Waals surface area contributed by atoms with Gasteiger partial charge in [-0.05, 0) is 57.9 Å². The summed E-state index contributed by atoms with van der Waals surface area (Å²) >= 11 is 0. The molecule has 3 heterocycles. The van der Waals surface area contributed by atoms with Gasteiger partial charge in [-0.2, -0.15) is 0 Å². The van der Waals surface area contributed by atoms with E-state index in [4.69, 9.17) is 4.74 Å². The number of rotatable bonds is 5. The second-order valence-electron chi connectivity index (χ2n) is 6.90. The van der Waals surface area contributed by atoms with Gasteiger partial charge >= 0.3 is 5.97 Å². The molecule has 138 valence electrons. The number of esters is 1. The van der Waals surface area contributed by atoms with Gasteiger partial charge in [0.2, 0.25) is 0 Å². The highest BCUT2D eigenvalue weighted by Gasteiger charge is 2.23. The predicted molar refractivity (Wildman–Crippen MR) is 103 cm³/mol. The van der Waals surface area contributed by atoms with Crippen LogP contribution in [0.2, 0.25) is 0 Å². The summed E-state index contributed by atoms with van der Waals surface area (Å²) in [5.74, 6) is 1.30. The number of aryl methyl sites for hydroxylation is 1. The second-order valence-corrected chi connectivity index (χ2v) is 6.90. The molecule has 1 fully saturated rings. The molecule has 0 atom stereocenters. The Balaban J connectivity index is 1.62. The van der Waals surface area contributed by atoms with Gasteiger partial charge in [-0.15, -0.1) is 0 Å². The van der Waals surface area contributed by atoms with Gasteiger partial charge in [-0.1, -0.05) is 6.07 Å². The second kappa shape index (κ2) is 8.17. The first-order valence-electron chi connectivity index (χ1n) is 9.14. The fraction of sp³-hybridized carbons (Fsp3) is 0.450. The Morgan fingerprint density at radius 3 is 2.69 bits per heavy atom. The Labute approximate surface area is 154 Å². The topological polar surface area (TPSA) is 67.4 Å². The number of nitrogens with one attached hydrogen (secondary N) is 1. The van der Waals surface area contributed by atoms with Crippen LogP contribution in [0.5, 0.6) is 0 Å². The zero-order chi connectivity index (χ0) is 18.5. The van der Waals surface area contributed by atoms with Crippen LogP contribution in [0.3, 0.4) is 0 Å². The van der Waals surface area contributed by atoms with E-state index in [1.807, 2.05) is 32.9 Å². The van der Waals surface area contributed by atoms with Crippen LogP contribution in [0.15, 0.2) is 36.5 Å². The third-order valence-corrected chi connectivity index (χ3v) is 4.40. The van der Waals surface area contributed by atoms with Crippen LogP contribution in [-0.2, 0) is 4.74 Å². The molecule has 0 aromatic carbocycles. The Morgan fingerprint density at radius 2 is 2.00 bits per heavy atom. The maximum Gasteiger partial charge on any atom is 0.342 e. The summed E-state index contributed by atoms with van der Waals surface area (Å²) < 4.78 is 5.32. The molecule has 3 rings (SSSR count). The lowest BCUT2D eigenvalue weighted by Crippen LogP contribution is -2.40. The molecule has 0 spiro atoms.